The van der Waals surface area contributed by atoms with Gasteiger partial charge in [-0.2, -0.15) is 5.10 Å². The van der Waals surface area contributed by atoms with Gasteiger partial charge in [0.25, 0.3) is 0 Å². The monoisotopic (exact) mass is 332 g/mol. The highest BCUT2D eigenvalue weighted by molar-refractivity contribution is 5.83. The second kappa shape index (κ2) is 7.22. The zero-order chi connectivity index (χ0) is 17.7. The molecule has 2 N–H and O–H groups in total. The summed E-state index contributed by atoms with van der Waals surface area (Å²) in [4.78, 5) is 22.5. The van der Waals surface area contributed by atoms with E-state index >= 15 is 0 Å². The standard InChI is InChI=1S/C16H20N4O4/c1-16(2,19-11-13(9-18-19)20(23)24)15(22)17-10-14(21)8-12-6-4-3-5-7-12/h3-7,9,11,14,21H,8,10H2,1-2H3,(H,17,22)/t14-/m1/s1. The van der Waals surface area contributed by atoms with E-state index in [1.807, 2.05) is 30.3 Å². The summed E-state index contributed by atoms with van der Waals surface area (Å²) < 4.78 is 1.24. The van der Waals surface area contributed by atoms with Crippen LogP contribution in [0.2, 0.25) is 0 Å². The summed E-state index contributed by atoms with van der Waals surface area (Å²) in [6, 6.07) is 9.46. The minimum Gasteiger partial charge on any atom is -0.391 e. The summed E-state index contributed by atoms with van der Waals surface area (Å²) in [5, 5.41) is 27.3. The Balaban J connectivity index is 1.93. The Kier molecular flexibility index (Phi) is 5.30. The summed E-state index contributed by atoms with van der Waals surface area (Å²) in [7, 11) is 0. The average molecular weight is 332 g/mol. The van der Waals surface area contributed by atoms with Crippen molar-refractivity contribution in [1.82, 2.24) is 15.1 Å². The van der Waals surface area contributed by atoms with Gasteiger partial charge in [0.15, 0.2) is 0 Å². The lowest BCUT2D eigenvalue weighted by molar-refractivity contribution is -0.385. The molecule has 0 aliphatic heterocycles. The van der Waals surface area contributed by atoms with Crippen molar-refractivity contribution in [1.29, 1.82) is 0 Å². The molecule has 0 radical (unpaired) electrons. The van der Waals surface area contributed by atoms with Crippen molar-refractivity contribution in [2.24, 2.45) is 0 Å². The van der Waals surface area contributed by atoms with E-state index in [0.717, 1.165) is 11.8 Å². The molecule has 0 fully saturated rings. The number of nitro groups is 1. The van der Waals surface area contributed by atoms with Crippen LogP contribution >= 0.6 is 0 Å². The first kappa shape index (κ1) is 17.6. The molecule has 0 spiro atoms. The molecule has 24 heavy (non-hydrogen) atoms. The quantitative estimate of drug-likeness (QED) is 0.585. The minimum atomic E-state index is -1.11. The maximum atomic E-state index is 12.3. The van der Waals surface area contributed by atoms with Crippen LogP contribution in [0.15, 0.2) is 42.7 Å². The van der Waals surface area contributed by atoms with Gasteiger partial charge < -0.3 is 10.4 Å². The SMILES string of the molecule is CC(C)(C(=O)NC[C@H](O)Cc1ccccc1)n1cc([N+](=O)[O-])cn1. The van der Waals surface area contributed by atoms with Crippen molar-refractivity contribution >= 4 is 11.6 Å². The Bertz CT molecular complexity index is 712. The van der Waals surface area contributed by atoms with Crippen LogP contribution < -0.4 is 5.32 Å². The van der Waals surface area contributed by atoms with E-state index in [1.54, 1.807) is 13.8 Å². The molecule has 128 valence electrons. The van der Waals surface area contributed by atoms with Gasteiger partial charge in [-0.25, -0.2) is 0 Å². The van der Waals surface area contributed by atoms with E-state index < -0.39 is 16.6 Å². The molecule has 0 unspecified atom stereocenters. The maximum Gasteiger partial charge on any atom is 0.307 e. The number of hydrogen-bond donors (Lipinski definition) is 2. The van der Waals surface area contributed by atoms with Gasteiger partial charge in [0.05, 0.1) is 11.0 Å². The van der Waals surface area contributed by atoms with Gasteiger partial charge in [-0.15, -0.1) is 0 Å². The van der Waals surface area contributed by atoms with E-state index in [-0.39, 0.29) is 18.1 Å². The molecule has 0 aliphatic rings. The number of benzene rings is 1. The molecule has 8 nitrogen and oxygen atoms in total. The van der Waals surface area contributed by atoms with Gasteiger partial charge in [0.2, 0.25) is 5.91 Å². The van der Waals surface area contributed by atoms with Crippen LogP contribution in [0.25, 0.3) is 0 Å². The first-order valence-corrected chi connectivity index (χ1v) is 7.50. The number of carbonyl (C=O) groups is 1. The number of nitrogens with zero attached hydrogens (tertiary/aromatic N) is 3. The fraction of sp³-hybridized carbons (Fsp3) is 0.375. The molecule has 2 aromatic rings. The number of aliphatic hydroxyl groups excluding tert-OH is 1. The number of nitrogens with one attached hydrogen (secondary N) is 1. The number of carbonyl (C=O) groups excluding carboxylic acids is 1. The minimum absolute atomic E-state index is 0.0838. The maximum absolute atomic E-state index is 12.3. The Morgan fingerprint density at radius 2 is 2.08 bits per heavy atom. The van der Waals surface area contributed by atoms with Gasteiger partial charge in [0, 0.05) is 13.0 Å². The number of aromatic nitrogens is 2. The van der Waals surface area contributed by atoms with Crippen LogP contribution in [0, 0.1) is 10.1 Å². The van der Waals surface area contributed by atoms with E-state index in [4.69, 9.17) is 0 Å². The van der Waals surface area contributed by atoms with Crippen molar-refractivity contribution in [3.8, 4) is 0 Å². The molecule has 1 atom stereocenters. The Labute approximate surface area is 139 Å². The number of rotatable bonds is 7. The highest BCUT2D eigenvalue weighted by Crippen LogP contribution is 2.18. The van der Waals surface area contributed by atoms with Crippen LogP contribution in [0.3, 0.4) is 0 Å². The third-order valence-corrected chi connectivity index (χ3v) is 3.72. The highest BCUT2D eigenvalue weighted by Gasteiger charge is 2.32. The first-order valence-electron chi connectivity index (χ1n) is 7.50. The third kappa shape index (κ3) is 4.17. The predicted octanol–water partition coefficient (Wildman–Crippen LogP) is 1.25. The first-order chi connectivity index (χ1) is 11.3. The second-order valence-electron chi connectivity index (χ2n) is 6.01. The van der Waals surface area contributed by atoms with Gasteiger partial charge in [-0.05, 0) is 19.4 Å². The van der Waals surface area contributed by atoms with Crippen molar-refractivity contribution in [2.75, 3.05) is 6.54 Å². The number of aliphatic hydroxyl groups is 1. The summed E-state index contributed by atoms with van der Waals surface area (Å²) in [5.41, 5.74) is -0.318. The largest absolute Gasteiger partial charge is 0.391 e. The zero-order valence-corrected chi connectivity index (χ0v) is 13.5. The Hall–Kier alpha value is -2.74. The number of hydrogen-bond acceptors (Lipinski definition) is 5. The topological polar surface area (TPSA) is 110 Å². The fourth-order valence-electron chi connectivity index (χ4n) is 2.20. The van der Waals surface area contributed by atoms with Crippen molar-refractivity contribution < 1.29 is 14.8 Å². The van der Waals surface area contributed by atoms with E-state index in [9.17, 15) is 20.0 Å². The molecule has 1 heterocycles. The van der Waals surface area contributed by atoms with Crippen molar-refractivity contribution in [3.05, 3.63) is 58.4 Å². The molecular formula is C16H20N4O4. The lowest BCUT2D eigenvalue weighted by Gasteiger charge is -2.24. The van der Waals surface area contributed by atoms with Gasteiger partial charge in [-0.1, -0.05) is 30.3 Å². The van der Waals surface area contributed by atoms with Gasteiger partial charge >= 0.3 is 5.69 Å². The molecule has 0 bridgehead atoms. The summed E-state index contributed by atoms with van der Waals surface area (Å²) in [6.07, 6.45) is 2.01. The lowest BCUT2D eigenvalue weighted by atomic mass is 10.0. The molecule has 0 aliphatic carbocycles. The second-order valence-corrected chi connectivity index (χ2v) is 6.01. The fourth-order valence-corrected chi connectivity index (χ4v) is 2.20. The van der Waals surface area contributed by atoms with Crippen molar-refractivity contribution in [2.45, 2.75) is 31.9 Å². The Morgan fingerprint density at radius 1 is 1.42 bits per heavy atom. The van der Waals surface area contributed by atoms with Gasteiger partial charge in [0.1, 0.15) is 17.9 Å². The molecule has 1 amide bonds. The molecule has 1 aromatic carbocycles. The average Bonchev–Trinajstić information content (AvgIpc) is 3.04. The molecule has 0 saturated carbocycles. The zero-order valence-electron chi connectivity index (χ0n) is 13.5. The Morgan fingerprint density at radius 3 is 2.67 bits per heavy atom. The van der Waals surface area contributed by atoms with Crippen LogP contribution in [-0.2, 0) is 16.8 Å². The summed E-state index contributed by atoms with van der Waals surface area (Å²) in [5.74, 6) is -0.382. The smallest absolute Gasteiger partial charge is 0.307 e. The van der Waals surface area contributed by atoms with E-state index in [2.05, 4.69) is 10.4 Å². The van der Waals surface area contributed by atoms with Crippen LogP contribution in [0.5, 0.6) is 0 Å². The molecular weight excluding hydrogens is 312 g/mol. The molecule has 2 rings (SSSR count). The highest BCUT2D eigenvalue weighted by atomic mass is 16.6. The van der Waals surface area contributed by atoms with Crippen LogP contribution in [0.4, 0.5) is 5.69 Å². The molecule has 1 aromatic heterocycles. The van der Waals surface area contributed by atoms with E-state index in [1.165, 1.54) is 10.9 Å². The summed E-state index contributed by atoms with van der Waals surface area (Å²) >= 11 is 0. The van der Waals surface area contributed by atoms with Crippen LogP contribution in [-0.4, -0.2) is 38.4 Å². The van der Waals surface area contributed by atoms with Crippen molar-refractivity contribution in [3.63, 3.8) is 0 Å². The number of amides is 1. The predicted molar refractivity (Wildman–Crippen MR) is 87.4 cm³/mol. The van der Waals surface area contributed by atoms with Crippen LogP contribution in [0.1, 0.15) is 19.4 Å². The molecule has 8 heteroatoms. The van der Waals surface area contributed by atoms with Gasteiger partial charge in [-0.3, -0.25) is 19.6 Å². The summed E-state index contributed by atoms with van der Waals surface area (Å²) in [6.45, 7) is 3.28. The lowest BCUT2D eigenvalue weighted by Crippen LogP contribution is -2.47. The molecule has 0 saturated heterocycles. The third-order valence-electron chi connectivity index (χ3n) is 3.72. The normalized spacial score (nSPS) is 12.6. The van der Waals surface area contributed by atoms with E-state index in [0.29, 0.717) is 6.42 Å².